The van der Waals surface area contributed by atoms with Gasteiger partial charge in [0.05, 0.1) is 0 Å². The van der Waals surface area contributed by atoms with Crippen LogP contribution >= 0.6 is 0 Å². The lowest BCUT2D eigenvalue weighted by molar-refractivity contribution is 0.461. The predicted octanol–water partition coefficient (Wildman–Crippen LogP) is 3.00. The van der Waals surface area contributed by atoms with Gasteiger partial charge in [-0.25, -0.2) is 0 Å². The molecule has 0 heteroatoms. The fourth-order valence-corrected chi connectivity index (χ4v) is 0.569. The Labute approximate surface area is 52.6 Å². The zero-order valence-corrected chi connectivity index (χ0v) is 6.36. The first-order valence-corrected chi connectivity index (χ1v) is 3.26. The van der Waals surface area contributed by atoms with E-state index in [9.17, 15) is 0 Å². The van der Waals surface area contributed by atoms with Gasteiger partial charge in [0.25, 0.3) is 0 Å². The second-order valence-corrected chi connectivity index (χ2v) is 2.84. The van der Waals surface area contributed by atoms with Crippen LogP contribution in [0.25, 0.3) is 0 Å². The van der Waals surface area contributed by atoms with Gasteiger partial charge in [-0.3, -0.25) is 0 Å². The molecule has 0 N–H and O–H groups in total. The summed E-state index contributed by atoms with van der Waals surface area (Å²) >= 11 is 0. The second kappa shape index (κ2) is 2.91. The van der Waals surface area contributed by atoms with Crippen molar-refractivity contribution in [2.24, 2.45) is 5.41 Å². The maximum Gasteiger partial charge on any atom is -0.0178 e. The topological polar surface area (TPSA) is 0 Å². The molecule has 0 bridgehead atoms. The highest BCUT2D eigenvalue weighted by molar-refractivity contribution is 4.91. The van der Waals surface area contributed by atoms with E-state index in [2.05, 4.69) is 39.8 Å². The van der Waals surface area contributed by atoms with Crippen molar-refractivity contribution in [2.45, 2.75) is 34.1 Å². The highest BCUT2D eigenvalue weighted by Crippen LogP contribution is 2.20. The molecule has 0 atom stereocenters. The fourth-order valence-electron chi connectivity index (χ4n) is 0.569. The highest BCUT2D eigenvalue weighted by Gasteiger charge is 2.07. The van der Waals surface area contributed by atoms with E-state index < -0.39 is 0 Å². The molecular formula is C8H16. The van der Waals surface area contributed by atoms with E-state index in [-0.39, 0.29) is 0 Å². The summed E-state index contributed by atoms with van der Waals surface area (Å²) in [6.07, 6.45) is 5.58. The summed E-state index contributed by atoms with van der Waals surface area (Å²) < 4.78 is 0. The molecule has 0 aromatic carbocycles. The Morgan fingerprint density at radius 2 is 1.88 bits per heavy atom. The first-order chi connectivity index (χ1) is 3.62. The molecule has 0 rings (SSSR count). The SMILES string of the molecule is C/C=C\C(C)(C)CC. The zero-order chi connectivity index (χ0) is 6.62. The van der Waals surface area contributed by atoms with Gasteiger partial charge in [0.2, 0.25) is 0 Å². The van der Waals surface area contributed by atoms with Crippen molar-refractivity contribution in [1.82, 2.24) is 0 Å². The Kier molecular flexibility index (Phi) is 2.81. The van der Waals surface area contributed by atoms with E-state index in [1.54, 1.807) is 0 Å². The van der Waals surface area contributed by atoms with Crippen molar-refractivity contribution in [3.05, 3.63) is 12.2 Å². The minimum absolute atomic E-state index is 0.411. The van der Waals surface area contributed by atoms with Crippen LogP contribution in [0.3, 0.4) is 0 Å². The largest absolute Gasteiger partial charge is 0.0911 e. The van der Waals surface area contributed by atoms with Gasteiger partial charge in [0.15, 0.2) is 0 Å². The lowest BCUT2D eigenvalue weighted by Crippen LogP contribution is -2.03. The molecule has 0 aliphatic rings. The monoisotopic (exact) mass is 112 g/mol. The summed E-state index contributed by atoms with van der Waals surface area (Å²) in [5.41, 5.74) is 0.411. The predicted molar refractivity (Wildman–Crippen MR) is 38.9 cm³/mol. The smallest absolute Gasteiger partial charge is 0.0178 e. The lowest BCUT2D eigenvalue weighted by Gasteiger charge is -2.15. The minimum Gasteiger partial charge on any atom is -0.0911 e. The van der Waals surface area contributed by atoms with Gasteiger partial charge in [-0.2, -0.15) is 0 Å². The number of hydrogen-bond donors (Lipinski definition) is 0. The molecule has 0 nitrogen and oxygen atoms in total. The molecule has 0 aromatic rings. The van der Waals surface area contributed by atoms with Crippen molar-refractivity contribution in [3.63, 3.8) is 0 Å². The van der Waals surface area contributed by atoms with Gasteiger partial charge in [-0.15, -0.1) is 0 Å². The summed E-state index contributed by atoms with van der Waals surface area (Å²) in [5.74, 6) is 0. The van der Waals surface area contributed by atoms with Crippen molar-refractivity contribution < 1.29 is 0 Å². The van der Waals surface area contributed by atoms with Gasteiger partial charge in [-0.05, 0) is 18.8 Å². The van der Waals surface area contributed by atoms with Gasteiger partial charge in [-0.1, -0.05) is 32.9 Å². The summed E-state index contributed by atoms with van der Waals surface area (Å²) in [5, 5.41) is 0. The first-order valence-electron chi connectivity index (χ1n) is 3.26. The van der Waals surface area contributed by atoms with Crippen molar-refractivity contribution in [3.8, 4) is 0 Å². The summed E-state index contributed by atoms with van der Waals surface area (Å²) in [7, 11) is 0. The Morgan fingerprint density at radius 3 is 2.00 bits per heavy atom. The van der Waals surface area contributed by atoms with Gasteiger partial charge >= 0.3 is 0 Å². The molecule has 8 heavy (non-hydrogen) atoms. The van der Waals surface area contributed by atoms with E-state index >= 15 is 0 Å². The molecule has 0 spiro atoms. The number of allylic oxidation sites excluding steroid dienone is 2. The molecular weight excluding hydrogens is 96.1 g/mol. The second-order valence-electron chi connectivity index (χ2n) is 2.84. The van der Waals surface area contributed by atoms with Crippen LogP contribution in [-0.4, -0.2) is 0 Å². The molecule has 0 amide bonds. The molecule has 0 aliphatic carbocycles. The standard InChI is InChI=1S/C8H16/c1-5-7-8(3,4)6-2/h5,7H,6H2,1-4H3/b7-5-. The van der Waals surface area contributed by atoms with Crippen LogP contribution in [0.2, 0.25) is 0 Å². The summed E-state index contributed by atoms with van der Waals surface area (Å²) in [6.45, 7) is 8.76. The normalized spacial score (nSPS) is 13.0. The van der Waals surface area contributed by atoms with E-state index in [0.29, 0.717) is 5.41 Å². The fraction of sp³-hybridized carbons (Fsp3) is 0.750. The van der Waals surface area contributed by atoms with Gasteiger partial charge in [0.1, 0.15) is 0 Å². The Hall–Kier alpha value is -0.260. The van der Waals surface area contributed by atoms with Gasteiger partial charge < -0.3 is 0 Å². The Balaban J connectivity index is 3.71. The minimum atomic E-state index is 0.411. The van der Waals surface area contributed by atoms with Crippen LogP contribution < -0.4 is 0 Å². The molecule has 0 aromatic heterocycles. The maximum atomic E-state index is 2.24. The van der Waals surface area contributed by atoms with Crippen LogP contribution in [0, 0.1) is 5.41 Å². The maximum absolute atomic E-state index is 2.24. The third-order valence-electron chi connectivity index (χ3n) is 1.53. The number of rotatable bonds is 2. The van der Waals surface area contributed by atoms with E-state index in [1.165, 1.54) is 6.42 Å². The van der Waals surface area contributed by atoms with Crippen molar-refractivity contribution in [2.75, 3.05) is 0 Å². The third-order valence-corrected chi connectivity index (χ3v) is 1.53. The lowest BCUT2D eigenvalue weighted by atomic mass is 9.90. The van der Waals surface area contributed by atoms with E-state index in [1.807, 2.05) is 0 Å². The Bertz CT molecular complexity index is 78.0. The van der Waals surface area contributed by atoms with Gasteiger partial charge in [0, 0.05) is 0 Å². The summed E-state index contributed by atoms with van der Waals surface area (Å²) in [6, 6.07) is 0. The third kappa shape index (κ3) is 2.84. The van der Waals surface area contributed by atoms with Crippen LogP contribution in [0.15, 0.2) is 12.2 Å². The average molecular weight is 112 g/mol. The Morgan fingerprint density at radius 1 is 1.38 bits per heavy atom. The molecule has 0 fully saturated rings. The molecule has 0 radical (unpaired) electrons. The van der Waals surface area contributed by atoms with Crippen LogP contribution in [0.1, 0.15) is 34.1 Å². The van der Waals surface area contributed by atoms with E-state index in [0.717, 1.165) is 0 Å². The van der Waals surface area contributed by atoms with Crippen LogP contribution in [0.4, 0.5) is 0 Å². The van der Waals surface area contributed by atoms with Crippen molar-refractivity contribution in [1.29, 1.82) is 0 Å². The molecule has 48 valence electrons. The molecule has 0 saturated carbocycles. The molecule has 0 heterocycles. The quantitative estimate of drug-likeness (QED) is 0.482. The average Bonchev–Trinajstić information content (AvgIpc) is 1.67. The first kappa shape index (κ1) is 7.74. The number of hydrogen-bond acceptors (Lipinski definition) is 0. The molecule has 0 unspecified atom stereocenters. The van der Waals surface area contributed by atoms with Crippen LogP contribution in [-0.2, 0) is 0 Å². The van der Waals surface area contributed by atoms with E-state index in [4.69, 9.17) is 0 Å². The van der Waals surface area contributed by atoms with Crippen molar-refractivity contribution >= 4 is 0 Å². The van der Waals surface area contributed by atoms with Crippen LogP contribution in [0.5, 0.6) is 0 Å². The zero-order valence-electron chi connectivity index (χ0n) is 6.36. The molecule has 0 saturated heterocycles. The highest BCUT2D eigenvalue weighted by atomic mass is 14.1. The summed E-state index contributed by atoms with van der Waals surface area (Å²) in [4.78, 5) is 0. The molecule has 0 aliphatic heterocycles.